The number of nitrogens with one attached hydrogen (secondary N) is 1. The largest absolute Gasteiger partial charge is 0.449 e. The quantitative estimate of drug-likeness (QED) is 0.114. The van der Waals surface area contributed by atoms with Crippen LogP contribution in [0.1, 0.15) is 24.1 Å². The summed E-state index contributed by atoms with van der Waals surface area (Å²) in [6, 6.07) is 9.25. The Morgan fingerprint density at radius 3 is 2.68 bits per heavy atom. The van der Waals surface area contributed by atoms with Crippen LogP contribution in [-0.2, 0) is 9.53 Å². The van der Waals surface area contributed by atoms with E-state index in [2.05, 4.69) is 36.0 Å². The van der Waals surface area contributed by atoms with Crippen LogP contribution >= 0.6 is 0 Å². The van der Waals surface area contributed by atoms with Crippen LogP contribution in [0.3, 0.4) is 0 Å². The van der Waals surface area contributed by atoms with E-state index >= 15 is 0 Å². The maximum Gasteiger partial charge on any atom is 0.354 e. The summed E-state index contributed by atoms with van der Waals surface area (Å²) in [4.78, 5) is 31.1. The Morgan fingerprint density at radius 2 is 2.05 bits per heavy atom. The summed E-state index contributed by atoms with van der Waals surface area (Å²) in [6.45, 7) is 13.9. The highest BCUT2D eigenvalue weighted by Gasteiger charge is 2.30. The van der Waals surface area contributed by atoms with Crippen molar-refractivity contribution in [3.63, 3.8) is 0 Å². The first-order chi connectivity index (χ1) is 17.9. The fraction of sp³-hybridized carbons (Fsp3) is 0.194. The molecule has 37 heavy (non-hydrogen) atoms. The van der Waals surface area contributed by atoms with Crippen molar-refractivity contribution in [3.8, 4) is 18.0 Å². The SMILES string of the molecule is C#CCOC(=O)C(C(=C)C=C)=C(c1c(NCCC=C)nc(=O)n(-c2ccccc2)c1C)C1C=CC=CC1. The van der Waals surface area contributed by atoms with Gasteiger partial charge in [0.1, 0.15) is 5.82 Å². The molecule has 0 saturated heterocycles. The van der Waals surface area contributed by atoms with E-state index in [0.717, 1.165) is 0 Å². The molecule has 2 aromatic rings. The van der Waals surface area contributed by atoms with E-state index in [-0.39, 0.29) is 18.1 Å². The lowest BCUT2D eigenvalue weighted by molar-refractivity contribution is -0.137. The third-order valence-electron chi connectivity index (χ3n) is 5.94. The van der Waals surface area contributed by atoms with Crippen LogP contribution < -0.4 is 11.0 Å². The molecule has 0 amide bonds. The van der Waals surface area contributed by atoms with Gasteiger partial charge in [-0.05, 0) is 43.0 Å². The number of anilines is 1. The monoisotopic (exact) mass is 493 g/mol. The van der Waals surface area contributed by atoms with Gasteiger partial charge in [-0.25, -0.2) is 9.59 Å². The van der Waals surface area contributed by atoms with E-state index in [1.807, 2.05) is 61.6 Å². The first-order valence-electron chi connectivity index (χ1n) is 12.0. The number of carbonyl (C=O) groups excluding carboxylic acids is 1. The Hall–Kier alpha value is -4.63. The fourth-order valence-corrected chi connectivity index (χ4v) is 4.24. The van der Waals surface area contributed by atoms with Crippen LogP contribution in [0, 0.1) is 25.2 Å². The molecule has 3 rings (SSSR count). The summed E-state index contributed by atoms with van der Waals surface area (Å²) in [5.41, 5.74) is 2.71. The molecule has 0 spiro atoms. The standard InChI is InChI=1S/C31H31N3O3/c1-6-9-20-32-29-27(23(5)34(31(36)33-29)25-18-14-11-15-19-25)28(24-16-12-10-13-17-24)26(22(4)8-3)30(35)37-21-7-2/h2,6,8,10-16,18-19,24H,1,3-4,9,17,20-21H2,5H3,(H,32,33,36). The van der Waals surface area contributed by atoms with Crippen molar-refractivity contribution in [3.05, 3.63) is 119 Å². The number of hydrogen-bond donors (Lipinski definition) is 1. The van der Waals surface area contributed by atoms with Crippen LogP contribution in [-0.4, -0.2) is 28.7 Å². The van der Waals surface area contributed by atoms with Crippen molar-refractivity contribution in [1.29, 1.82) is 0 Å². The normalized spacial score (nSPS) is 14.8. The van der Waals surface area contributed by atoms with E-state index in [4.69, 9.17) is 11.2 Å². The highest BCUT2D eigenvalue weighted by Crippen LogP contribution is 2.39. The maximum absolute atomic E-state index is 13.4. The second-order valence-electron chi connectivity index (χ2n) is 8.33. The number of allylic oxidation sites excluding steroid dienone is 6. The molecule has 1 heterocycles. The Labute approximate surface area is 218 Å². The predicted octanol–water partition coefficient (Wildman–Crippen LogP) is 5.33. The lowest BCUT2D eigenvalue weighted by Gasteiger charge is -2.26. The Bertz CT molecular complexity index is 1390. The molecule has 6 nitrogen and oxygen atoms in total. The third-order valence-corrected chi connectivity index (χ3v) is 5.94. The molecule has 0 saturated carbocycles. The number of benzene rings is 1. The molecule has 6 heteroatoms. The van der Waals surface area contributed by atoms with E-state index < -0.39 is 11.7 Å². The smallest absolute Gasteiger partial charge is 0.354 e. The van der Waals surface area contributed by atoms with Crippen molar-refractivity contribution in [1.82, 2.24) is 9.55 Å². The van der Waals surface area contributed by atoms with Gasteiger partial charge in [0, 0.05) is 23.7 Å². The van der Waals surface area contributed by atoms with Gasteiger partial charge in [0.2, 0.25) is 0 Å². The molecule has 0 aliphatic heterocycles. The van der Waals surface area contributed by atoms with Gasteiger partial charge in [-0.2, -0.15) is 4.98 Å². The second-order valence-corrected chi connectivity index (χ2v) is 8.33. The first-order valence-corrected chi connectivity index (χ1v) is 12.0. The average Bonchev–Trinajstić information content (AvgIpc) is 2.92. The summed E-state index contributed by atoms with van der Waals surface area (Å²) in [6.07, 6.45) is 17.8. The van der Waals surface area contributed by atoms with Gasteiger partial charge in [-0.15, -0.1) is 13.0 Å². The minimum Gasteiger partial charge on any atom is -0.449 e. The zero-order valence-electron chi connectivity index (χ0n) is 21.1. The highest BCUT2D eigenvalue weighted by molar-refractivity contribution is 6.05. The average molecular weight is 494 g/mol. The number of aromatic nitrogens is 2. The Kier molecular flexibility index (Phi) is 9.40. The van der Waals surface area contributed by atoms with E-state index in [9.17, 15) is 9.59 Å². The Balaban J connectivity index is 2.45. The number of ether oxygens (including phenoxy) is 1. The molecular formula is C31H31N3O3. The summed E-state index contributed by atoms with van der Waals surface area (Å²) < 4.78 is 6.92. The topological polar surface area (TPSA) is 73.2 Å². The number of carbonyl (C=O) groups is 1. The van der Waals surface area contributed by atoms with E-state index in [1.54, 1.807) is 6.08 Å². The van der Waals surface area contributed by atoms with Gasteiger partial charge < -0.3 is 10.1 Å². The lowest BCUT2D eigenvalue weighted by atomic mass is 9.81. The molecule has 1 N–H and O–H groups in total. The summed E-state index contributed by atoms with van der Waals surface area (Å²) in [7, 11) is 0. The molecule has 1 aliphatic rings. The molecule has 0 bridgehead atoms. The fourth-order valence-electron chi connectivity index (χ4n) is 4.24. The number of esters is 1. The van der Waals surface area contributed by atoms with Crippen LogP contribution in [0.4, 0.5) is 5.82 Å². The van der Waals surface area contributed by atoms with Gasteiger partial charge in [-0.3, -0.25) is 4.57 Å². The molecular weight excluding hydrogens is 462 g/mol. The van der Waals surface area contributed by atoms with Gasteiger partial charge in [0.25, 0.3) is 0 Å². The summed E-state index contributed by atoms with van der Waals surface area (Å²) >= 11 is 0. The molecule has 1 atom stereocenters. The predicted molar refractivity (Wildman–Crippen MR) is 150 cm³/mol. The first kappa shape index (κ1) is 27.0. The zero-order valence-corrected chi connectivity index (χ0v) is 21.1. The van der Waals surface area contributed by atoms with Crippen molar-refractivity contribution < 1.29 is 9.53 Å². The van der Waals surface area contributed by atoms with Gasteiger partial charge in [-0.1, -0.05) is 73.7 Å². The number of terminal acetylenes is 1. The van der Waals surface area contributed by atoms with Crippen LogP contribution in [0.15, 0.2) is 102 Å². The molecule has 188 valence electrons. The molecule has 1 aromatic carbocycles. The summed E-state index contributed by atoms with van der Waals surface area (Å²) in [5.74, 6) is 1.87. The number of nitrogens with zero attached hydrogens (tertiary/aromatic N) is 2. The van der Waals surface area contributed by atoms with E-state index in [0.29, 0.717) is 53.3 Å². The second kappa shape index (κ2) is 12.9. The van der Waals surface area contributed by atoms with Crippen LogP contribution in [0.2, 0.25) is 0 Å². The van der Waals surface area contributed by atoms with Crippen molar-refractivity contribution in [2.24, 2.45) is 5.92 Å². The highest BCUT2D eigenvalue weighted by atomic mass is 16.5. The van der Waals surface area contributed by atoms with E-state index in [1.165, 1.54) is 10.6 Å². The maximum atomic E-state index is 13.4. The molecule has 0 fully saturated rings. The van der Waals surface area contributed by atoms with Crippen molar-refractivity contribution in [2.45, 2.75) is 19.8 Å². The van der Waals surface area contributed by atoms with Crippen LogP contribution in [0.25, 0.3) is 11.3 Å². The minimum absolute atomic E-state index is 0.189. The van der Waals surface area contributed by atoms with Crippen molar-refractivity contribution in [2.75, 3.05) is 18.5 Å². The lowest BCUT2D eigenvalue weighted by Crippen LogP contribution is -2.28. The molecule has 1 unspecified atom stereocenters. The van der Waals surface area contributed by atoms with Crippen LogP contribution in [0.5, 0.6) is 0 Å². The number of rotatable bonds is 11. The number of hydrogen-bond acceptors (Lipinski definition) is 5. The molecule has 0 radical (unpaired) electrons. The van der Waals surface area contributed by atoms with Gasteiger partial charge in [0.05, 0.1) is 11.3 Å². The Morgan fingerprint density at radius 1 is 1.30 bits per heavy atom. The van der Waals surface area contributed by atoms with Gasteiger partial charge in [0.15, 0.2) is 6.61 Å². The molecule has 1 aliphatic carbocycles. The minimum atomic E-state index is -0.616. The molecule has 1 aromatic heterocycles. The number of para-hydroxylation sites is 1. The summed E-state index contributed by atoms with van der Waals surface area (Å²) in [5, 5.41) is 3.28. The van der Waals surface area contributed by atoms with Gasteiger partial charge >= 0.3 is 11.7 Å². The third kappa shape index (κ3) is 6.14. The zero-order chi connectivity index (χ0) is 26.8. The van der Waals surface area contributed by atoms with Crippen molar-refractivity contribution >= 4 is 17.4 Å².